The third kappa shape index (κ3) is 3.92. The Hall–Kier alpha value is -0.831. The predicted molar refractivity (Wildman–Crippen MR) is 56.3 cm³/mol. The van der Waals surface area contributed by atoms with E-state index in [0.29, 0.717) is 5.32 Å². The Morgan fingerprint density at radius 3 is 2.64 bits per heavy atom. The standard InChI is InChI=1S/C10H13NO2Se/c11-9(10(12)13)7-14-6-8-4-2-1-3-5-8/h1-5,9H,6-7,11H2,(H,12,13)/t9-/m1/s1. The summed E-state index contributed by atoms with van der Waals surface area (Å²) in [6, 6.07) is 9.35. The Kier molecular flexibility index (Phi) is 4.66. The van der Waals surface area contributed by atoms with E-state index in [1.54, 1.807) is 0 Å². The Morgan fingerprint density at radius 2 is 2.07 bits per heavy atom. The van der Waals surface area contributed by atoms with Gasteiger partial charge in [0.1, 0.15) is 0 Å². The first kappa shape index (κ1) is 11.2. The number of hydrogen-bond donors (Lipinski definition) is 2. The van der Waals surface area contributed by atoms with Crippen LogP contribution in [0.4, 0.5) is 0 Å². The van der Waals surface area contributed by atoms with E-state index < -0.39 is 12.0 Å². The molecule has 4 heteroatoms. The van der Waals surface area contributed by atoms with Crippen molar-refractivity contribution in [2.45, 2.75) is 16.7 Å². The van der Waals surface area contributed by atoms with Gasteiger partial charge in [0.2, 0.25) is 0 Å². The third-order valence-electron chi connectivity index (χ3n) is 1.73. The summed E-state index contributed by atoms with van der Waals surface area (Å²) in [5, 5.41) is 10.1. The van der Waals surface area contributed by atoms with Crippen LogP contribution >= 0.6 is 0 Å². The average Bonchev–Trinajstić information content (AvgIpc) is 2.19. The van der Waals surface area contributed by atoms with Gasteiger partial charge in [-0.25, -0.2) is 0 Å². The minimum absolute atomic E-state index is 0.277. The number of rotatable bonds is 5. The van der Waals surface area contributed by atoms with Crippen molar-refractivity contribution in [2.75, 3.05) is 0 Å². The first-order valence-electron chi connectivity index (χ1n) is 4.30. The Balaban J connectivity index is 2.26. The van der Waals surface area contributed by atoms with Gasteiger partial charge in [0, 0.05) is 0 Å². The van der Waals surface area contributed by atoms with Crippen molar-refractivity contribution in [2.24, 2.45) is 5.73 Å². The normalized spacial score (nSPS) is 12.4. The van der Waals surface area contributed by atoms with Crippen LogP contribution in [0.2, 0.25) is 5.32 Å². The molecule has 0 fully saturated rings. The summed E-state index contributed by atoms with van der Waals surface area (Å²) in [7, 11) is 0. The Labute approximate surface area is 89.5 Å². The topological polar surface area (TPSA) is 63.3 Å². The van der Waals surface area contributed by atoms with Gasteiger partial charge in [-0.15, -0.1) is 0 Å². The molecule has 14 heavy (non-hydrogen) atoms. The molecule has 0 aliphatic heterocycles. The second-order valence-corrected chi connectivity index (χ2v) is 5.11. The van der Waals surface area contributed by atoms with E-state index in [-0.39, 0.29) is 15.0 Å². The van der Waals surface area contributed by atoms with Crippen LogP contribution in [0.25, 0.3) is 0 Å². The first-order chi connectivity index (χ1) is 6.70. The minimum atomic E-state index is -0.903. The van der Waals surface area contributed by atoms with Crippen LogP contribution in [0.1, 0.15) is 5.56 Å². The predicted octanol–water partition coefficient (Wildman–Crippen LogP) is 0.721. The maximum atomic E-state index is 10.4. The molecule has 1 aromatic carbocycles. The molecule has 1 aromatic rings. The van der Waals surface area contributed by atoms with Crippen LogP contribution in [0.15, 0.2) is 30.3 Å². The molecule has 0 heterocycles. The SMILES string of the molecule is N[C@H](C[Se]Cc1ccccc1)C(=O)O. The van der Waals surface area contributed by atoms with E-state index in [1.165, 1.54) is 5.56 Å². The van der Waals surface area contributed by atoms with Crippen molar-refractivity contribution < 1.29 is 9.90 Å². The zero-order chi connectivity index (χ0) is 10.4. The summed E-state index contributed by atoms with van der Waals surface area (Å²) in [5.74, 6) is -0.903. The summed E-state index contributed by atoms with van der Waals surface area (Å²) >= 11 is 0.277. The second kappa shape index (κ2) is 5.81. The van der Waals surface area contributed by atoms with Crippen LogP contribution in [0.3, 0.4) is 0 Å². The van der Waals surface area contributed by atoms with Crippen molar-refractivity contribution in [1.29, 1.82) is 0 Å². The van der Waals surface area contributed by atoms with Gasteiger partial charge in [-0.2, -0.15) is 0 Å². The molecule has 1 atom stereocenters. The molecule has 0 saturated heterocycles. The Morgan fingerprint density at radius 1 is 1.43 bits per heavy atom. The van der Waals surface area contributed by atoms with Crippen LogP contribution in [0, 0.1) is 0 Å². The summed E-state index contributed by atoms with van der Waals surface area (Å²) in [6.45, 7) is 0. The molecule has 0 unspecified atom stereocenters. The van der Waals surface area contributed by atoms with Gasteiger partial charge < -0.3 is 0 Å². The molecule has 0 amide bonds. The fourth-order valence-corrected chi connectivity index (χ4v) is 2.93. The number of aliphatic carboxylic acids is 1. The molecule has 3 N–H and O–H groups in total. The maximum absolute atomic E-state index is 10.4. The second-order valence-electron chi connectivity index (χ2n) is 2.95. The number of nitrogens with two attached hydrogens (primary N) is 1. The van der Waals surface area contributed by atoms with Gasteiger partial charge in [0.15, 0.2) is 0 Å². The van der Waals surface area contributed by atoms with Gasteiger partial charge in [0.25, 0.3) is 0 Å². The van der Waals surface area contributed by atoms with E-state index >= 15 is 0 Å². The van der Waals surface area contributed by atoms with Crippen LogP contribution in [-0.4, -0.2) is 32.1 Å². The molecule has 0 aliphatic rings. The van der Waals surface area contributed by atoms with Gasteiger partial charge in [-0.1, -0.05) is 0 Å². The number of carboxylic acids is 1. The molecule has 3 nitrogen and oxygen atoms in total. The fourth-order valence-electron chi connectivity index (χ4n) is 0.949. The van der Waals surface area contributed by atoms with E-state index in [2.05, 4.69) is 0 Å². The van der Waals surface area contributed by atoms with Crippen LogP contribution < -0.4 is 5.73 Å². The van der Waals surface area contributed by atoms with Crippen molar-refractivity contribution in [3.63, 3.8) is 0 Å². The van der Waals surface area contributed by atoms with Gasteiger partial charge in [0.05, 0.1) is 0 Å². The Bertz CT molecular complexity index is 289. The zero-order valence-electron chi connectivity index (χ0n) is 7.72. The molecule has 0 aromatic heterocycles. The molecule has 0 aliphatic carbocycles. The van der Waals surface area contributed by atoms with Gasteiger partial charge in [-0.3, -0.25) is 0 Å². The summed E-state index contributed by atoms with van der Waals surface area (Å²) in [6.07, 6.45) is 0. The molecule has 1 rings (SSSR count). The van der Waals surface area contributed by atoms with Crippen molar-refractivity contribution in [1.82, 2.24) is 0 Å². The average molecular weight is 258 g/mol. The van der Waals surface area contributed by atoms with Crippen LogP contribution in [-0.2, 0) is 10.1 Å². The number of carboxylic acid groups (broad SMARTS) is 1. The monoisotopic (exact) mass is 259 g/mol. The molecule has 0 saturated carbocycles. The molecule has 0 bridgehead atoms. The number of hydrogen-bond acceptors (Lipinski definition) is 2. The molecule has 0 spiro atoms. The first-order valence-corrected chi connectivity index (χ1v) is 6.72. The number of carbonyl (C=O) groups is 1. The molecular weight excluding hydrogens is 245 g/mol. The van der Waals surface area contributed by atoms with E-state index in [1.807, 2.05) is 30.3 Å². The van der Waals surface area contributed by atoms with Crippen molar-refractivity contribution >= 4 is 20.9 Å². The summed E-state index contributed by atoms with van der Waals surface area (Å²) in [5.41, 5.74) is 6.65. The van der Waals surface area contributed by atoms with Gasteiger partial charge in [-0.05, 0) is 0 Å². The summed E-state index contributed by atoms with van der Waals surface area (Å²) in [4.78, 5) is 10.4. The van der Waals surface area contributed by atoms with Crippen molar-refractivity contribution in [3.05, 3.63) is 35.9 Å². The number of benzene rings is 1. The quantitative estimate of drug-likeness (QED) is 0.765. The molecular formula is C10H13NO2Se. The third-order valence-corrected chi connectivity index (χ3v) is 4.10. The zero-order valence-corrected chi connectivity index (χ0v) is 9.43. The van der Waals surface area contributed by atoms with E-state index in [9.17, 15) is 4.79 Å². The van der Waals surface area contributed by atoms with Crippen LogP contribution in [0.5, 0.6) is 0 Å². The van der Waals surface area contributed by atoms with Gasteiger partial charge >= 0.3 is 89.1 Å². The van der Waals surface area contributed by atoms with E-state index in [4.69, 9.17) is 10.8 Å². The van der Waals surface area contributed by atoms with E-state index in [0.717, 1.165) is 5.32 Å². The molecule has 0 radical (unpaired) electrons. The van der Waals surface area contributed by atoms with Crippen molar-refractivity contribution in [3.8, 4) is 0 Å². The summed E-state index contributed by atoms with van der Waals surface area (Å²) < 4.78 is 0. The fraction of sp³-hybridized carbons (Fsp3) is 0.300. The molecule has 76 valence electrons.